The molecule has 2 aliphatic heterocycles. The van der Waals surface area contributed by atoms with Crippen LogP contribution in [0.4, 0.5) is 10.5 Å². The maximum Gasteiger partial charge on any atom is 0.410 e. The summed E-state index contributed by atoms with van der Waals surface area (Å²) in [6, 6.07) is 4.99. The summed E-state index contributed by atoms with van der Waals surface area (Å²) in [7, 11) is 1.52. The van der Waals surface area contributed by atoms with Crippen molar-refractivity contribution >= 4 is 17.7 Å². The molecule has 0 spiro atoms. The van der Waals surface area contributed by atoms with Crippen LogP contribution < -0.4 is 10.5 Å². The molecule has 0 radical (unpaired) electrons. The summed E-state index contributed by atoms with van der Waals surface area (Å²) >= 11 is 0. The van der Waals surface area contributed by atoms with Crippen LogP contribution in [0.25, 0.3) is 0 Å². The second-order valence-electron chi connectivity index (χ2n) is 6.43. The molecule has 2 aliphatic rings. The lowest BCUT2D eigenvalue weighted by Gasteiger charge is -2.35. The van der Waals surface area contributed by atoms with E-state index in [0.717, 1.165) is 12.8 Å². The van der Waals surface area contributed by atoms with Crippen LogP contribution in [-0.2, 0) is 9.47 Å². The SMILES string of the molecule is COc1cc(C(=O)N2CCN(C(=O)OC3CCOCC3)CC2)ccc1N. The molecule has 2 amide bonds. The number of amides is 2. The molecular weight excluding hydrogens is 338 g/mol. The predicted molar refractivity (Wildman–Crippen MR) is 95.2 cm³/mol. The van der Waals surface area contributed by atoms with Crippen LogP contribution in [0.1, 0.15) is 23.2 Å². The minimum atomic E-state index is -0.307. The summed E-state index contributed by atoms with van der Waals surface area (Å²) in [5.41, 5.74) is 6.80. The van der Waals surface area contributed by atoms with E-state index in [1.807, 2.05) is 0 Å². The Morgan fingerprint density at radius 3 is 2.42 bits per heavy atom. The quantitative estimate of drug-likeness (QED) is 0.815. The van der Waals surface area contributed by atoms with Crippen molar-refractivity contribution in [3.63, 3.8) is 0 Å². The molecule has 2 N–H and O–H groups in total. The van der Waals surface area contributed by atoms with E-state index in [2.05, 4.69) is 0 Å². The third-order valence-corrected chi connectivity index (χ3v) is 4.74. The molecule has 2 heterocycles. The molecular formula is C18H25N3O5. The molecule has 0 aromatic heterocycles. The minimum absolute atomic E-state index is 0.0712. The molecule has 1 aromatic carbocycles. The number of ether oxygens (including phenoxy) is 3. The van der Waals surface area contributed by atoms with Gasteiger partial charge in [0.2, 0.25) is 0 Å². The second-order valence-corrected chi connectivity index (χ2v) is 6.43. The lowest BCUT2D eigenvalue weighted by atomic mass is 10.1. The van der Waals surface area contributed by atoms with Crippen molar-refractivity contribution in [1.29, 1.82) is 0 Å². The molecule has 0 bridgehead atoms. The molecule has 0 aliphatic carbocycles. The van der Waals surface area contributed by atoms with Crippen LogP contribution in [0.15, 0.2) is 18.2 Å². The van der Waals surface area contributed by atoms with E-state index in [1.165, 1.54) is 7.11 Å². The molecule has 1 aromatic rings. The number of nitrogens with zero attached hydrogens (tertiary/aromatic N) is 2. The van der Waals surface area contributed by atoms with Gasteiger partial charge in [0.1, 0.15) is 11.9 Å². The van der Waals surface area contributed by atoms with Crippen LogP contribution in [0, 0.1) is 0 Å². The van der Waals surface area contributed by atoms with Gasteiger partial charge in [0.25, 0.3) is 5.91 Å². The van der Waals surface area contributed by atoms with Gasteiger partial charge in [-0.05, 0) is 18.2 Å². The van der Waals surface area contributed by atoms with Gasteiger partial charge in [-0.3, -0.25) is 4.79 Å². The Morgan fingerprint density at radius 1 is 1.12 bits per heavy atom. The van der Waals surface area contributed by atoms with Crippen LogP contribution in [0.2, 0.25) is 0 Å². The Bertz CT molecular complexity index is 652. The van der Waals surface area contributed by atoms with Crippen molar-refractivity contribution in [3.8, 4) is 5.75 Å². The zero-order valence-corrected chi connectivity index (χ0v) is 15.0. The zero-order valence-electron chi connectivity index (χ0n) is 15.0. The molecule has 3 rings (SSSR count). The van der Waals surface area contributed by atoms with Gasteiger partial charge in [-0.25, -0.2) is 4.79 Å². The minimum Gasteiger partial charge on any atom is -0.495 e. The molecule has 26 heavy (non-hydrogen) atoms. The van der Waals surface area contributed by atoms with E-state index in [-0.39, 0.29) is 18.1 Å². The number of nitrogens with two attached hydrogens (primary N) is 1. The van der Waals surface area contributed by atoms with Crippen molar-refractivity contribution in [3.05, 3.63) is 23.8 Å². The Balaban J connectivity index is 1.52. The number of carbonyl (C=O) groups excluding carboxylic acids is 2. The number of anilines is 1. The van der Waals surface area contributed by atoms with Gasteiger partial charge in [-0.2, -0.15) is 0 Å². The molecule has 8 heteroatoms. The highest BCUT2D eigenvalue weighted by atomic mass is 16.6. The molecule has 2 fully saturated rings. The monoisotopic (exact) mass is 363 g/mol. The predicted octanol–water partition coefficient (Wildman–Crippen LogP) is 1.35. The zero-order chi connectivity index (χ0) is 18.5. The molecule has 0 atom stereocenters. The van der Waals surface area contributed by atoms with E-state index in [4.69, 9.17) is 19.9 Å². The van der Waals surface area contributed by atoms with Gasteiger partial charge >= 0.3 is 6.09 Å². The van der Waals surface area contributed by atoms with Gasteiger partial charge in [0.05, 0.1) is 26.0 Å². The van der Waals surface area contributed by atoms with E-state index in [9.17, 15) is 9.59 Å². The number of benzene rings is 1. The Kier molecular flexibility index (Phi) is 5.82. The van der Waals surface area contributed by atoms with Crippen molar-refractivity contribution in [1.82, 2.24) is 9.80 Å². The Hall–Kier alpha value is -2.48. The van der Waals surface area contributed by atoms with Crippen molar-refractivity contribution in [2.45, 2.75) is 18.9 Å². The van der Waals surface area contributed by atoms with Gasteiger partial charge in [0.15, 0.2) is 0 Å². The summed E-state index contributed by atoms with van der Waals surface area (Å²) in [5.74, 6) is 0.385. The Morgan fingerprint density at radius 2 is 1.77 bits per heavy atom. The average molecular weight is 363 g/mol. The molecule has 0 unspecified atom stereocenters. The average Bonchev–Trinajstić information content (AvgIpc) is 2.68. The maximum atomic E-state index is 12.7. The van der Waals surface area contributed by atoms with Crippen LogP contribution in [-0.4, -0.2) is 74.4 Å². The van der Waals surface area contributed by atoms with Crippen LogP contribution >= 0.6 is 0 Å². The lowest BCUT2D eigenvalue weighted by Crippen LogP contribution is -2.51. The van der Waals surface area contributed by atoms with Gasteiger partial charge in [-0.15, -0.1) is 0 Å². The number of methoxy groups -OCH3 is 1. The highest BCUT2D eigenvalue weighted by Gasteiger charge is 2.28. The van der Waals surface area contributed by atoms with E-state index >= 15 is 0 Å². The summed E-state index contributed by atoms with van der Waals surface area (Å²) < 4.78 is 16.0. The molecule has 8 nitrogen and oxygen atoms in total. The van der Waals surface area contributed by atoms with Gasteiger partial charge in [0, 0.05) is 44.6 Å². The van der Waals surface area contributed by atoms with Crippen molar-refractivity contribution in [2.75, 3.05) is 52.2 Å². The van der Waals surface area contributed by atoms with E-state index in [1.54, 1.807) is 28.0 Å². The molecule has 0 saturated carbocycles. The second kappa shape index (κ2) is 8.27. The highest BCUT2D eigenvalue weighted by molar-refractivity contribution is 5.95. The first kappa shape index (κ1) is 18.3. The van der Waals surface area contributed by atoms with Gasteiger partial charge in [-0.1, -0.05) is 0 Å². The number of carbonyl (C=O) groups is 2. The normalized spacial score (nSPS) is 18.5. The van der Waals surface area contributed by atoms with Crippen LogP contribution in [0.5, 0.6) is 5.75 Å². The topological polar surface area (TPSA) is 94.3 Å². The smallest absolute Gasteiger partial charge is 0.410 e. The van der Waals surface area contributed by atoms with Crippen molar-refractivity contribution in [2.24, 2.45) is 0 Å². The third-order valence-electron chi connectivity index (χ3n) is 4.74. The largest absolute Gasteiger partial charge is 0.495 e. The summed E-state index contributed by atoms with van der Waals surface area (Å²) in [6.45, 7) is 3.11. The summed E-state index contributed by atoms with van der Waals surface area (Å²) in [4.78, 5) is 28.3. The molecule has 2 saturated heterocycles. The first-order chi connectivity index (χ1) is 12.6. The standard InChI is InChI=1S/C18H25N3O5/c1-24-16-12-13(2-3-15(16)19)17(22)20-6-8-21(9-7-20)18(23)26-14-4-10-25-11-5-14/h2-3,12,14H,4-11,19H2,1H3. The fourth-order valence-corrected chi connectivity index (χ4v) is 3.13. The van der Waals surface area contributed by atoms with Crippen molar-refractivity contribution < 1.29 is 23.8 Å². The van der Waals surface area contributed by atoms with E-state index in [0.29, 0.717) is 56.4 Å². The molecule has 142 valence electrons. The third kappa shape index (κ3) is 4.19. The number of hydrogen-bond acceptors (Lipinski definition) is 6. The number of piperazine rings is 1. The fraction of sp³-hybridized carbons (Fsp3) is 0.556. The first-order valence-corrected chi connectivity index (χ1v) is 8.84. The summed E-state index contributed by atoms with van der Waals surface area (Å²) in [6.07, 6.45) is 1.10. The summed E-state index contributed by atoms with van der Waals surface area (Å²) in [5, 5.41) is 0. The highest BCUT2D eigenvalue weighted by Crippen LogP contribution is 2.23. The number of hydrogen-bond donors (Lipinski definition) is 1. The number of nitrogen functional groups attached to an aromatic ring is 1. The van der Waals surface area contributed by atoms with E-state index < -0.39 is 0 Å². The maximum absolute atomic E-state index is 12.7. The number of rotatable bonds is 3. The first-order valence-electron chi connectivity index (χ1n) is 8.84. The van der Waals surface area contributed by atoms with Gasteiger partial charge < -0.3 is 29.7 Å². The lowest BCUT2D eigenvalue weighted by molar-refractivity contribution is -0.0141. The van der Waals surface area contributed by atoms with Crippen LogP contribution in [0.3, 0.4) is 0 Å². The Labute approximate surface area is 152 Å². The fourth-order valence-electron chi connectivity index (χ4n) is 3.13.